The topological polar surface area (TPSA) is 102 Å². The Morgan fingerprint density at radius 1 is 1.11 bits per heavy atom. The molecule has 2 fully saturated rings. The highest BCUT2D eigenvalue weighted by Gasteiger charge is 2.30. The van der Waals surface area contributed by atoms with Gasteiger partial charge < -0.3 is 10.4 Å². The molecule has 0 aromatic heterocycles. The first-order valence-corrected chi connectivity index (χ1v) is 10.2. The number of hydrogen-bond acceptors (Lipinski definition) is 5. The Bertz CT molecular complexity index is 514. The Morgan fingerprint density at radius 3 is 2.30 bits per heavy atom. The van der Waals surface area contributed by atoms with E-state index in [9.17, 15) is 14.4 Å². The smallest absolute Gasteiger partial charge is 0.321 e. The molecule has 2 aliphatic rings. The van der Waals surface area contributed by atoms with Crippen molar-refractivity contribution in [1.29, 1.82) is 0 Å². The first kappa shape index (κ1) is 21.6. The largest absolute Gasteiger partial charge is 0.480 e. The van der Waals surface area contributed by atoms with E-state index in [1.54, 1.807) is 0 Å². The molecule has 0 aromatic carbocycles. The van der Waals surface area contributed by atoms with Crippen molar-refractivity contribution in [1.82, 2.24) is 20.4 Å². The van der Waals surface area contributed by atoms with Crippen molar-refractivity contribution >= 4 is 17.9 Å². The van der Waals surface area contributed by atoms with E-state index in [0.717, 1.165) is 51.6 Å². The van der Waals surface area contributed by atoms with Crippen LogP contribution in [0.25, 0.3) is 0 Å². The molecule has 0 spiro atoms. The quantitative estimate of drug-likeness (QED) is 0.615. The lowest BCUT2D eigenvalue weighted by molar-refractivity contribution is -0.139. The van der Waals surface area contributed by atoms with E-state index in [-0.39, 0.29) is 30.6 Å². The molecular formula is C19H34N4O4. The average molecular weight is 383 g/mol. The third-order valence-electron chi connectivity index (χ3n) is 5.86. The van der Waals surface area contributed by atoms with Crippen LogP contribution in [-0.2, 0) is 9.59 Å². The van der Waals surface area contributed by atoms with Crippen molar-refractivity contribution in [2.24, 2.45) is 0 Å². The standard InChI is InChI=1S/C19H34N4O4/c1-3-22(13-17(24)25)16-9-11-23(12-10-16)14(2)18(26)21-19(27)20-15-7-5-4-6-8-15/h14-16H,3-13H2,1-2H3,(H,24,25)(H2,20,21,26,27). The molecule has 154 valence electrons. The number of urea groups is 1. The fourth-order valence-electron chi connectivity index (χ4n) is 4.16. The molecule has 1 atom stereocenters. The molecule has 1 unspecified atom stereocenters. The Hall–Kier alpha value is -1.67. The second kappa shape index (κ2) is 10.6. The van der Waals surface area contributed by atoms with Gasteiger partial charge in [-0.15, -0.1) is 0 Å². The minimum absolute atomic E-state index is 0.0541. The van der Waals surface area contributed by atoms with Gasteiger partial charge in [-0.2, -0.15) is 0 Å². The lowest BCUT2D eigenvalue weighted by atomic mass is 9.96. The van der Waals surface area contributed by atoms with Gasteiger partial charge in [-0.1, -0.05) is 26.2 Å². The van der Waals surface area contributed by atoms with Crippen molar-refractivity contribution < 1.29 is 19.5 Å². The summed E-state index contributed by atoms with van der Waals surface area (Å²) in [6.07, 6.45) is 7.08. The van der Waals surface area contributed by atoms with Crippen LogP contribution in [-0.4, -0.2) is 77.1 Å². The summed E-state index contributed by atoms with van der Waals surface area (Å²) in [6, 6.07) is -0.371. The van der Waals surface area contributed by atoms with E-state index in [0.29, 0.717) is 6.54 Å². The summed E-state index contributed by atoms with van der Waals surface area (Å²) in [6.45, 7) is 5.99. The Morgan fingerprint density at radius 2 is 1.74 bits per heavy atom. The maximum absolute atomic E-state index is 12.4. The van der Waals surface area contributed by atoms with Gasteiger partial charge in [0.15, 0.2) is 0 Å². The highest BCUT2D eigenvalue weighted by molar-refractivity contribution is 5.96. The SMILES string of the molecule is CCN(CC(=O)O)C1CCN(C(C)C(=O)NC(=O)NC2CCCCC2)CC1. The minimum Gasteiger partial charge on any atom is -0.480 e. The zero-order valence-corrected chi connectivity index (χ0v) is 16.6. The molecule has 2 rings (SSSR count). The van der Waals surface area contributed by atoms with Gasteiger partial charge in [-0.25, -0.2) is 4.79 Å². The summed E-state index contributed by atoms with van der Waals surface area (Å²) in [4.78, 5) is 39.5. The number of carboxylic acids is 1. The van der Waals surface area contributed by atoms with Crippen molar-refractivity contribution in [2.45, 2.75) is 76.9 Å². The maximum Gasteiger partial charge on any atom is 0.321 e. The molecule has 8 heteroatoms. The monoisotopic (exact) mass is 382 g/mol. The molecule has 1 saturated heterocycles. The molecule has 3 N–H and O–H groups in total. The summed E-state index contributed by atoms with van der Waals surface area (Å²) >= 11 is 0. The number of carbonyl (C=O) groups excluding carboxylic acids is 2. The number of carbonyl (C=O) groups is 3. The predicted molar refractivity (Wildman–Crippen MR) is 102 cm³/mol. The van der Waals surface area contributed by atoms with E-state index in [2.05, 4.69) is 15.5 Å². The van der Waals surface area contributed by atoms with Gasteiger partial charge >= 0.3 is 12.0 Å². The van der Waals surface area contributed by atoms with Crippen LogP contribution in [0.2, 0.25) is 0 Å². The Labute approximate surface area is 161 Å². The zero-order chi connectivity index (χ0) is 19.8. The number of piperidine rings is 1. The van der Waals surface area contributed by atoms with Crippen LogP contribution in [0.15, 0.2) is 0 Å². The fraction of sp³-hybridized carbons (Fsp3) is 0.842. The third kappa shape index (κ3) is 6.77. The van der Waals surface area contributed by atoms with Gasteiger partial charge in [0, 0.05) is 25.2 Å². The summed E-state index contributed by atoms with van der Waals surface area (Å²) < 4.78 is 0. The molecule has 1 saturated carbocycles. The molecular weight excluding hydrogens is 348 g/mol. The van der Waals surface area contributed by atoms with Crippen molar-refractivity contribution in [2.75, 3.05) is 26.2 Å². The van der Waals surface area contributed by atoms with Gasteiger partial charge in [0.05, 0.1) is 12.6 Å². The van der Waals surface area contributed by atoms with Gasteiger partial charge in [0.25, 0.3) is 0 Å². The number of amides is 3. The van der Waals surface area contributed by atoms with Crippen LogP contribution in [0, 0.1) is 0 Å². The second-order valence-electron chi connectivity index (χ2n) is 7.70. The second-order valence-corrected chi connectivity index (χ2v) is 7.70. The highest BCUT2D eigenvalue weighted by atomic mass is 16.4. The minimum atomic E-state index is -0.809. The molecule has 1 aliphatic heterocycles. The number of rotatable bonds is 7. The van der Waals surface area contributed by atoms with Crippen LogP contribution in [0.3, 0.4) is 0 Å². The normalized spacial score (nSPS) is 21.0. The Balaban J connectivity index is 1.75. The van der Waals surface area contributed by atoms with E-state index in [4.69, 9.17) is 5.11 Å². The van der Waals surface area contributed by atoms with E-state index < -0.39 is 12.0 Å². The molecule has 27 heavy (non-hydrogen) atoms. The van der Waals surface area contributed by atoms with Crippen LogP contribution < -0.4 is 10.6 Å². The molecule has 8 nitrogen and oxygen atoms in total. The highest BCUT2D eigenvalue weighted by Crippen LogP contribution is 2.19. The van der Waals surface area contributed by atoms with Crippen LogP contribution in [0.4, 0.5) is 4.79 Å². The molecule has 0 radical (unpaired) electrons. The van der Waals surface area contributed by atoms with E-state index >= 15 is 0 Å². The molecule has 0 bridgehead atoms. The van der Waals surface area contributed by atoms with Crippen molar-refractivity contribution in [3.8, 4) is 0 Å². The molecule has 3 amide bonds. The number of hydrogen-bond donors (Lipinski definition) is 3. The first-order chi connectivity index (χ1) is 12.9. The van der Waals surface area contributed by atoms with Gasteiger partial charge in [-0.05, 0) is 39.2 Å². The summed E-state index contributed by atoms with van der Waals surface area (Å²) in [7, 11) is 0. The number of nitrogens with zero attached hydrogens (tertiary/aromatic N) is 2. The van der Waals surface area contributed by atoms with Gasteiger partial charge in [0.1, 0.15) is 0 Å². The van der Waals surface area contributed by atoms with E-state index in [1.165, 1.54) is 6.42 Å². The maximum atomic E-state index is 12.4. The summed E-state index contributed by atoms with van der Waals surface area (Å²) in [5, 5.41) is 14.4. The predicted octanol–water partition coefficient (Wildman–Crippen LogP) is 1.40. The number of aliphatic carboxylic acids is 1. The third-order valence-corrected chi connectivity index (χ3v) is 5.86. The lowest BCUT2D eigenvalue weighted by Gasteiger charge is -2.39. The summed E-state index contributed by atoms with van der Waals surface area (Å²) in [5.74, 6) is -1.09. The van der Waals surface area contributed by atoms with Crippen molar-refractivity contribution in [3.05, 3.63) is 0 Å². The molecule has 0 aromatic rings. The van der Waals surface area contributed by atoms with Crippen molar-refractivity contribution in [3.63, 3.8) is 0 Å². The van der Waals surface area contributed by atoms with Crippen LogP contribution in [0.5, 0.6) is 0 Å². The number of nitrogens with one attached hydrogen (secondary N) is 2. The molecule has 1 aliphatic carbocycles. The molecule has 1 heterocycles. The van der Waals surface area contributed by atoms with Crippen LogP contribution in [0.1, 0.15) is 58.8 Å². The van der Waals surface area contributed by atoms with E-state index in [1.807, 2.05) is 18.7 Å². The first-order valence-electron chi connectivity index (χ1n) is 10.2. The number of likely N-dealkylation sites (N-methyl/N-ethyl adjacent to an activating group) is 1. The fourth-order valence-corrected chi connectivity index (χ4v) is 4.16. The van der Waals surface area contributed by atoms with Crippen LogP contribution >= 0.6 is 0 Å². The number of likely N-dealkylation sites (tertiary alicyclic amines) is 1. The number of imide groups is 1. The summed E-state index contributed by atoms with van der Waals surface area (Å²) in [5.41, 5.74) is 0. The lowest BCUT2D eigenvalue weighted by Crippen LogP contribution is -2.54. The van der Waals surface area contributed by atoms with Gasteiger partial charge in [0.2, 0.25) is 5.91 Å². The van der Waals surface area contributed by atoms with Gasteiger partial charge in [-0.3, -0.25) is 24.7 Å². The average Bonchev–Trinajstić information content (AvgIpc) is 2.66. The Kier molecular flexibility index (Phi) is 8.50. The zero-order valence-electron chi connectivity index (χ0n) is 16.6. The number of carboxylic acid groups (broad SMARTS) is 1.